The number of thiophene rings is 1. The second-order valence-electron chi connectivity index (χ2n) is 15.9. The molecule has 0 saturated heterocycles. The van der Waals surface area contributed by atoms with Crippen LogP contribution in [0.3, 0.4) is 0 Å². The first-order valence-corrected chi connectivity index (χ1v) is 22.0. The largest absolute Gasteiger partial charge is 0.309 e. The van der Waals surface area contributed by atoms with Crippen molar-refractivity contribution in [3.8, 4) is 56.7 Å². The van der Waals surface area contributed by atoms with Crippen LogP contribution in [-0.4, -0.2) is 24.1 Å². The Morgan fingerprint density at radius 2 is 0.730 bits per heavy atom. The van der Waals surface area contributed by atoms with E-state index in [1.54, 1.807) is 0 Å². The zero-order valence-electron chi connectivity index (χ0n) is 33.9. The van der Waals surface area contributed by atoms with Crippen molar-refractivity contribution in [3.05, 3.63) is 212 Å². The van der Waals surface area contributed by atoms with Crippen LogP contribution >= 0.6 is 11.3 Å². The highest BCUT2D eigenvalue weighted by Gasteiger charge is 2.24. The smallest absolute Gasteiger partial charge is 0.166 e. The van der Waals surface area contributed by atoms with Gasteiger partial charge in [0.15, 0.2) is 17.5 Å². The van der Waals surface area contributed by atoms with Crippen LogP contribution in [0.4, 0.5) is 0 Å². The Kier molecular flexibility index (Phi) is 8.01. The van der Waals surface area contributed by atoms with Gasteiger partial charge in [0, 0.05) is 76.2 Å². The van der Waals surface area contributed by atoms with Crippen LogP contribution in [0.2, 0.25) is 0 Å². The number of hydrogen-bond acceptors (Lipinski definition) is 4. The standard InChI is InChI=1S/C57H35N5S/c1-5-18-36(19-6-1)55-58-56(37-20-7-2-8-21-37)60-57(59-55)48-32-16-28-42-44-34-35-47-46-31-17-30-45(53(46)63-54(47)52(44)62(51(42)48)39-24-11-4-12-25-39)43-29-15-27-41-40-26-13-14-33-49(40)61(50(41)43)38-22-9-3-10-23-38/h1-35H. The van der Waals surface area contributed by atoms with Gasteiger partial charge < -0.3 is 9.13 Å². The second kappa shape index (κ2) is 14.2. The third-order valence-corrected chi connectivity index (χ3v) is 13.6. The number of benzene rings is 9. The zero-order chi connectivity index (χ0) is 41.4. The fourth-order valence-corrected chi connectivity index (χ4v) is 11.0. The van der Waals surface area contributed by atoms with Gasteiger partial charge in [0.1, 0.15) is 0 Å². The summed E-state index contributed by atoms with van der Waals surface area (Å²) in [5, 5.41) is 7.30. The van der Waals surface area contributed by atoms with Gasteiger partial charge in [-0.25, -0.2) is 15.0 Å². The quantitative estimate of drug-likeness (QED) is 0.168. The molecule has 9 aromatic carbocycles. The first-order chi connectivity index (χ1) is 31.3. The minimum Gasteiger partial charge on any atom is -0.309 e. The molecule has 63 heavy (non-hydrogen) atoms. The van der Waals surface area contributed by atoms with Crippen LogP contribution in [0, 0.1) is 0 Å². The molecule has 0 aliphatic carbocycles. The minimum absolute atomic E-state index is 0.630. The van der Waals surface area contributed by atoms with Gasteiger partial charge >= 0.3 is 0 Å². The van der Waals surface area contributed by atoms with Gasteiger partial charge in [-0.1, -0.05) is 176 Å². The molecule has 4 aromatic heterocycles. The molecule has 0 bridgehead atoms. The fraction of sp³-hybridized carbons (Fsp3) is 0. The molecule has 0 spiro atoms. The third kappa shape index (κ3) is 5.52. The summed E-state index contributed by atoms with van der Waals surface area (Å²) in [6.07, 6.45) is 0. The molecular weight excluding hydrogens is 787 g/mol. The Labute approximate surface area is 366 Å². The highest BCUT2D eigenvalue weighted by Crippen LogP contribution is 2.48. The number of rotatable bonds is 6. The van der Waals surface area contributed by atoms with Crippen molar-refractivity contribution in [1.82, 2.24) is 24.1 Å². The van der Waals surface area contributed by atoms with Gasteiger partial charge in [0.25, 0.3) is 0 Å². The molecule has 294 valence electrons. The second-order valence-corrected chi connectivity index (χ2v) is 16.9. The van der Waals surface area contributed by atoms with E-state index < -0.39 is 0 Å². The lowest BCUT2D eigenvalue weighted by Crippen LogP contribution is -2.02. The first kappa shape index (κ1) is 35.6. The predicted octanol–water partition coefficient (Wildman–Crippen LogP) is 15.1. The van der Waals surface area contributed by atoms with E-state index in [1.165, 1.54) is 64.0 Å². The Morgan fingerprint density at radius 3 is 1.40 bits per heavy atom. The van der Waals surface area contributed by atoms with Gasteiger partial charge in [-0.2, -0.15) is 0 Å². The summed E-state index contributed by atoms with van der Waals surface area (Å²) in [6, 6.07) is 75.4. The molecule has 0 atom stereocenters. The van der Waals surface area contributed by atoms with E-state index in [9.17, 15) is 0 Å². The Hall–Kier alpha value is -8.19. The zero-order valence-corrected chi connectivity index (χ0v) is 34.7. The van der Waals surface area contributed by atoms with E-state index in [2.05, 4.69) is 185 Å². The van der Waals surface area contributed by atoms with Crippen LogP contribution in [0.1, 0.15) is 0 Å². The molecule has 0 N–H and O–H groups in total. The van der Waals surface area contributed by atoms with E-state index >= 15 is 0 Å². The summed E-state index contributed by atoms with van der Waals surface area (Å²) in [4.78, 5) is 15.5. The molecule has 0 saturated carbocycles. The maximum atomic E-state index is 5.23. The lowest BCUT2D eigenvalue weighted by atomic mass is 9.99. The highest BCUT2D eigenvalue weighted by atomic mass is 32.1. The molecule has 0 amide bonds. The topological polar surface area (TPSA) is 48.5 Å². The third-order valence-electron chi connectivity index (χ3n) is 12.4. The summed E-state index contributed by atoms with van der Waals surface area (Å²) in [5.41, 5.74) is 12.1. The van der Waals surface area contributed by atoms with Gasteiger partial charge in [0.2, 0.25) is 0 Å². The lowest BCUT2D eigenvalue weighted by molar-refractivity contribution is 1.07. The van der Waals surface area contributed by atoms with E-state index in [0.29, 0.717) is 17.5 Å². The van der Waals surface area contributed by atoms with Crippen molar-refractivity contribution in [2.45, 2.75) is 0 Å². The first-order valence-electron chi connectivity index (χ1n) is 21.2. The van der Waals surface area contributed by atoms with Crippen molar-refractivity contribution in [2.24, 2.45) is 0 Å². The van der Waals surface area contributed by atoms with Gasteiger partial charge in [-0.3, -0.25) is 0 Å². The maximum absolute atomic E-state index is 5.23. The molecule has 13 rings (SSSR count). The van der Waals surface area contributed by atoms with Crippen molar-refractivity contribution < 1.29 is 0 Å². The number of nitrogens with zero attached hydrogens (tertiary/aromatic N) is 5. The monoisotopic (exact) mass is 821 g/mol. The molecule has 0 radical (unpaired) electrons. The van der Waals surface area contributed by atoms with Crippen LogP contribution in [0.5, 0.6) is 0 Å². The van der Waals surface area contributed by atoms with E-state index in [-0.39, 0.29) is 0 Å². The van der Waals surface area contributed by atoms with Crippen molar-refractivity contribution in [1.29, 1.82) is 0 Å². The highest BCUT2D eigenvalue weighted by molar-refractivity contribution is 7.27. The van der Waals surface area contributed by atoms with Crippen LogP contribution in [-0.2, 0) is 0 Å². The number of fused-ring (bicyclic) bond motifs is 10. The van der Waals surface area contributed by atoms with Gasteiger partial charge in [-0.15, -0.1) is 11.3 Å². The summed E-state index contributed by atoms with van der Waals surface area (Å²) in [6.45, 7) is 0. The van der Waals surface area contributed by atoms with E-state index in [4.69, 9.17) is 15.0 Å². The van der Waals surface area contributed by atoms with E-state index in [0.717, 1.165) is 39.0 Å². The molecule has 4 heterocycles. The number of aromatic nitrogens is 5. The molecule has 0 fully saturated rings. The lowest BCUT2D eigenvalue weighted by Gasteiger charge is -2.13. The minimum atomic E-state index is 0.630. The SMILES string of the molecule is c1ccc(-c2nc(-c3ccccc3)nc(-c3cccc4c5ccc6c7cccc(-c8cccc9c%10ccccc%10n(-c%10ccccc%10)c89)c7sc6c5n(-c5ccccc5)c34)n2)cc1. The van der Waals surface area contributed by atoms with Gasteiger partial charge in [0.05, 0.1) is 26.8 Å². The number of para-hydroxylation sites is 5. The fourth-order valence-electron chi connectivity index (χ4n) is 9.64. The Morgan fingerprint density at radius 1 is 0.286 bits per heavy atom. The molecule has 13 aromatic rings. The van der Waals surface area contributed by atoms with Crippen molar-refractivity contribution in [3.63, 3.8) is 0 Å². The maximum Gasteiger partial charge on any atom is 0.166 e. The molecule has 0 aliphatic rings. The summed E-state index contributed by atoms with van der Waals surface area (Å²) in [5.74, 6) is 1.91. The summed E-state index contributed by atoms with van der Waals surface area (Å²) < 4.78 is 7.38. The molecule has 0 unspecified atom stereocenters. The predicted molar refractivity (Wildman–Crippen MR) is 263 cm³/mol. The normalized spacial score (nSPS) is 11.8. The molecule has 5 nitrogen and oxygen atoms in total. The molecule has 6 heteroatoms. The van der Waals surface area contributed by atoms with Crippen LogP contribution < -0.4 is 0 Å². The van der Waals surface area contributed by atoms with Crippen molar-refractivity contribution in [2.75, 3.05) is 0 Å². The van der Waals surface area contributed by atoms with E-state index in [1.807, 2.05) is 47.7 Å². The van der Waals surface area contributed by atoms with Crippen LogP contribution in [0.25, 0.3) is 120 Å². The van der Waals surface area contributed by atoms with Crippen molar-refractivity contribution >= 4 is 75.1 Å². The molecular formula is C57H35N5S. The average Bonchev–Trinajstić information content (AvgIpc) is 4.03. The number of hydrogen-bond donors (Lipinski definition) is 0. The van der Waals surface area contributed by atoms with Gasteiger partial charge in [-0.05, 0) is 36.4 Å². The Balaban J connectivity index is 1.11. The Bertz CT molecular complexity index is 3830. The van der Waals surface area contributed by atoms with Crippen LogP contribution in [0.15, 0.2) is 212 Å². The summed E-state index contributed by atoms with van der Waals surface area (Å²) >= 11 is 1.88. The summed E-state index contributed by atoms with van der Waals surface area (Å²) in [7, 11) is 0. The molecule has 0 aliphatic heterocycles. The average molecular weight is 822 g/mol.